The van der Waals surface area contributed by atoms with Gasteiger partial charge in [-0.3, -0.25) is 14.6 Å². The minimum atomic E-state index is -3.47. The molecule has 11 heteroatoms. The maximum Gasteiger partial charge on any atom is 0.252 e. The van der Waals surface area contributed by atoms with Gasteiger partial charge in [0.05, 0.1) is 37.0 Å². The van der Waals surface area contributed by atoms with E-state index in [9.17, 15) is 13.2 Å². The van der Waals surface area contributed by atoms with Crippen molar-refractivity contribution in [2.75, 3.05) is 64.8 Å². The lowest BCUT2D eigenvalue weighted by molar-refractivity contribution is -0.114. The van der Waals surface area contributed by atoms with E-state index < -0.39 is 9.84 Å². The molecular formula is C25H29N3O6S2. The summed E-state index contributed by atoms with van der Waals surface area (Å²) >= 11 is 1.30. The van der Waals surface area contributed by atoms with Crippen LogP contribution in [-0.2, 0) is 19.4 Å². The normalized spacial score (nSPS) is 14.9. The van der Waals surface area contributed by atoms with E-state index in [-0.39, 0.29) is 10.8 Å². The predicted molar refractivity (Wildman–Crippen MR) is 141 cm³/mol. The topological polar surface area (TPSA) is 98.3 Å². The van der Waals surface area contributed by atoms with Crippen molar-refractivity contribution in [3.63, 3.8) is 0 Å². The molecule has 192 valence electrons. The number of hydrogen-bond acceptors (Lipinski definition) is 9. The zero-order valence-electron chi connectivity index (χ0n) is 20.5. The molecule has 1 aliphatic heterocycles. The van der Waals surface area contributed by atoms with Crippen LogP contribution in [0.2, 0.25) is 0 Å². The van der Waals surface area contributed by atoms with E-state index in [1.807, 2.05) is 12.1 Å². The first-order chi connectivity index (χ1) is 17.3. The molecule has 0 saturated carbocycles. The van der Waals surface area contributed by atoms with Gasteiger partial charge in [0.25, 0.3) is 5.91 Å². The van der Waals surface area contributed by atoms with E-state index in [0.29, 0.717) is 53.2 Å². The number of anilines is 1. The molecule has 1 aromatic heterocycles. The zero-order valence-corrected chi connectivity index (χ0v) is 22.1. The number of aromatic nitrogens is 1. The Bertz CT molecular complexity index is 1360. The molecule has 0 N–H and O–H groups in total. The summed E-state index contributed by atoms with van der Waals surface area (Å²) in [5, 5.41) is 0.455. The lowest BCUT2D eigenvalue weighted by atomic mass is 10.2. The van der Waals surface area contributed by atoms with Gasteiger partial charge in [-0.1, -0.05) is 23.5 Å². The fourth-order valence-electron chi connectivity index (χ4n) is 3.91. The van der Waals surface area contributed by atoms with Crippen molar-refractivity contribution in [1.29, 1.82) is 0 Å². The molecule has 0 bridgehead atoms. The van der Waals surface area contributed by atoms with Crippen molar-refractivity contribution in [3.05, 3.63) is 48.0 Å². The zero-order chi connectivity index (χ0) is 25.7. The standard InChI is InChI=1S/C25H29N3O6S2/c1-32-19-9-7-18(17-20(19)33-2)8-10-23(29)28(12-11-27-13-15-34-16-14-27)25-26-24-21(35-25)5-4-6-22(24)36(3,30)31/h4-10,17H,11-16H2,1-3H3. The van der Waals surface area contributed by atoms with Crippen molar-refractivity contribution in [2.24, 2.45) is 0 Å². The molecule has 0 unspecified atom stereocenters. The molecule has 1 aliphatic rings. The van der Waals surface area contributed by atoms with Gasteiger partial charge in [0.15, 0.2) is 26.5 Å². The summed E-state index contributed by atoms with van der Waals surface area (Å²) in [6.07, 6.45) is 4.36. The first kappa shape index (κ1) is 26.1. The molecule has 0 spiro atoms. The summed E-state index contributed by atoms with van der Waals surface area (Å²) < 4.78 is 41.3. The highest BCUT2D eigenvalue weighted by Gasteiger charge is 2.22. The first-order valence-electron chi connectivity index (χ1n) is 11.4. The third-order valence-corrected chi connectivity index (χ3v) is 8.01. The number of carbonyl (C=O) groups excluding carboxylic acids is 1. The highest BCUT2D eigenvalue weighted by Crippen LogP contribution is 2.33. The van der Waals surface area contributed by atoms with Crippen molar-refractivity contribution in [2.45, 2.75) is 4.90 Å². The van der Waals surface area contributed by atoms with Crippen LogP contribution in [0.5, 0.6) is 11.5 Å². The van der Waals surface area contributed by atoms with E-state index in [4.69, 9.17) is 14.2 Å². The Morgan fingerprint density at radius 2 is 1.92 bits per heavy atom. The van der Waals surface area contributed by atoms with Gasteiger partial charge in [-0.05, 0) is 35.9 Å². The molecule has 36 heavy (non-hydrogen) atoms. The van der Waals surface area contributed by atoms with Crippen LogP contribution >= 0.6 is 11.3 Å². The van der Waals surface area contributed by atoms with Gasteiger partial charge in [0, 0.05) is 38.5 Å². The van der Waals surface area contributed by atoms with Crippen molar-refractivity contribution >= 4 is 48.5 Å². The third kappa shape index (κ3) is 6.04. The summed E-state index contributed by atoms with van der Waals surface area (Å²) in [5.41, 5.74) is 1.16. The number of amides is 1. The Balaban J connectivity index is 1.64. The van der Waals surface area contributed by atoms with Crippen LogP contribution in [0.1, 0.15) is 5.56 Å². The van der Waals surface area contributed by atoms with Crippen LogP contribution in [0.25, 0.3) is 16.3 Å². The smallest absolute Gasteiger partial charge is 0.252 e. The van der Waals surface area contributed by atoms with E-state index in [1.165, 1.54) is 23.5 Å². The van der Waals surface area contributed by atoms with Gasteiger partial charge in [-0.15, -0.1) is 0 Å². The second-order valence-electron chi connectivity index (χ2n) is 8.26. The van der Waals surface area contributed by atoms with Crippen LogP contribution in [0.4, 0.5) is 5.13 Å². The minimum absolute atomic E-state index is 0.156. The molecular weight excluding hydrogens is 502 g/mol. The Labute approximate surface area is 214 Å². The van der Waals surface area contributed by atoms with Gasteiger partial charge >= 0.3 is 0 Å². The van der Waals surface area contributed by atoms with E-state index >= 15 is 0 Å². The summed E-state index contributed by atoms with van der Waals surface area (Å²) in [7, 11) is -0.344. The average Bonchev–Trinajstić information content (AvgIpc) is 3.31. The lowest BCUT2D eigenvalue weighted by Crippen LogP contribution is -2.42. The number of rotatable bonds is 9. The van der Waals surface area contributed by atoms with Crippen molar-refractivity contribution in [1.82, 2.24) is 9.88 Å². The number of sulfone groups is 1. The van der Waals surface area contributed by atoms with Crippen molar-refractivity contribution in [3.8, 4) is 11.5 Å². The van der Waals surface area contributed by atoms with Crippen LogP contribution in [0.3, 0.4) is 0 Å². The molecule has 9 nitrogen and oxygen atoms in total. The number of morpholine rings is 1. The van der Waals surface area contributed by atoms with Crippen LogP contribution in [-0.4, -0.2) is 84.1 Å². The number of hydrogen-bond donors (Lipinski definition) is 0. The van der Waals surface area contributed by atoms with Crippen LogP contribution < -0.4 is 14.4 Å². The lowest BCUT2D eigenvalue weighted by Gasteiger charge is -2.28. The number of benzene rings is 2. The molecule has 1 saturated heterocycles. The fraction of sp³-hybridized carbons (Fsp3) is 0.360. The molecule has 2 aromatic carbocycles. The van der Waals surface area contributed by atoms with Crippen molar-refractivity contribution < 1.29 is 27.4 Å². The Hall–Kier alpha value is -2.99. The molecule has 0 aliphatic carbocycles. The Morgan fingerprint density at radius 3 is 2.61 bits per heavy atom. The molecule has 0 radical (unpaired) electrons. The summed E-state index contributed by atoms with van der Waals surface area (Å²) in [5.74, 6) is 0.915. The number of carbonyl (C=O) groups is 1. The van der Waals surface area contributed by atoms with Gasteiger partial charge in [0.1, 0.15) is 5.52 Å². The number of para-hydroxylation sites is 1. The van der Waals surface area contributed by atoms with Crippen LogP contribution in [0, 0.1) is 0 Å². The fourth-order valence-corrected chi connectivity index (χ4v) is 5.83. The average molecular weight is 532 g/mol. The highest BCUT2D eigenvalue weighted by molar-refractivity contribution is 7.91. The van der Waals surface area contributed by atoms with Gasteiger partial charge in [0.2, 0.25) is 0 Å². The molecule has 1 amide bonds. The van der Waals surface area contributed by atoms with E-state index in [2.05, 4.69) is 9.88 Å². The second kappa shape index (κ2) is 11.4. The summed E-state index contributed by atoms with van der Waals surface area (Å²) in [4.78, 5) is 22.0. The largest absolute Gasteiger partial charge is 0.493 e. The molecule has 3 aromatic rings. The molecule has 2 heterocycles. The molecule has 1 fully saturated rings. The second-order valence-corrected chi connectivity index (χ2v) is 11.3. The quantitative estimate of drug-likeness (QED) is 0.389. The van der Waals surface area contributed by atoms with Crippen LogP contribution in [0.15, 0.2) is 47.4 Å². The molecule has 0 atom stereocenters. The minimum Gasteiger partial charge on any atom is -0.493 e. The monoisotopic (exact) mass is 531 g/mol. The van der Waals surface area contributed by atoms with Gasteiger partial charge < -0.3 is 14.2 Å². The maximum atomic E-state index is 13.4. The Morgan fingerprint density at radius 1 is 1.17 bits per heavy atom. The SMILES string of the molecule is COc1ccc(C=CC(=O)N(CCN2CCOCC2)c2nc3c(S(C)(=O)=O)cccc3s2)cc1OC. The van der Waals surface area contributed by atoms with Gasteiger partial charge in [-0.25, -0.2) is 13.4 Å². The van der Waals surface area contributed by atoms with E-state index in [0.717, 1.165) is 24.9 Å². The number of nitrogens with zero attached hydrogens (tertiary/aromatic N) is 3. The molecule has 4 rings (SSSR count). The predicted octanol–water partition coefficient (Wildman–Crippen LogP) is 3.10. The number of ether oxygens (including phenoxy) is 3. The highest BCUT2D eigenvalue weighted by atomic mass is 32.2. The van der Waals surface area contributed by atoms with Gasteiger partial charge in [-0.2, -0.15) is 0 Å². The summed E-state index contributed by atoms with van der Waals surface area (Å²) in [6.45, 7) is 3.96. The first-order valence-corrected chi connectivity index (χ1v) is 14.1. The number of fused-ring (bicyclic) bond motifs is 1. The number of methoxy groups -OCH3 is 2. The summed E-state index contributed by atoms with van der Waals surface area (Å²) in [6, 6.07) is 10.4. The maximum absolute atomic E-state index is 13.4. The number of thiazole rings is 1. The third-order valence-electron chi connectivity index (χ3n) is 5.84. The van der Waals surface area contributed by atoms with E-state index in [1.54, 1.807) is 43.4 Å². The Kier molecular flexibility index (Phi) is 8.24.